The van der Waals surface area contributed by atoms with Gasteiger partial charge in [0.2, 0.25) is 0 Å². The molecule has 1 aromatic heterocycles. The molecule has 0 saturated carbocycles. The molecule has 0 bridgehead atoms. The van der Waals surface area contributed by atoms with Gasteiger partial charge in [0.25, 0.3) is 0 Å². The molecule has 1 fully saturated rings. The van der Waals surface area contributed by atoms with Crippen molar-refractivity contribution in [2.24, 2.45) is 5.41 Å². The smallest absolute Gasteiger partial charge is 0.315 e. The van der Waals surface area contributed by atoms with Crippen molar-refractivity contribution in [3.63, 3.8) is 0 Å². The largest absolute Gasteiger partial charge is 0.481 e. The summed E-state index contributed by atoms with van der Waals surface area (Å²) < 4.78 is 4.97. The molecular weight excluding hydrogens is 208 g/mol. The number of pyridine rings is 1. The Labute approximate surface area is 93.5 Å². The van der Waals surface area contributed by atoms with E-state index < -0.39 is 11.4 Å². The van der Waals surface area contributed by atoms with Crippen LogP contribution in [0, 0.1) is 5.41 Å². The summed E-state index contributed by atoms with van der Waals surface area (Å²) >= 11 is 0. The second-order valence-electron chi connectivity index (χ2n) is 4.04. The minimum Gasteiger partial charge on any atom is -0.481 e. The molecule has 86 valence electrons. The Balaban J connectivity index is 1.82. The third-order valence-electron chi connectivity index (χ3n) is 2.75. The van der Waals surface area contributed by atoms with E-state index in [1.807, 2.05) is 12.1 Å². The van der Waals surface area contributed by atoms with Crippen LogP contribution in [0.4, 0.5) is 0 Å². The van der Waals surface area contributed by atoms with Gasteiger partial charge in [0.1, 0.15) is 5.41 Å². The van der Waals surface area contributed by atoms with Gasteiger partial charge in [0.15, 0.2) is 0 Å². The molecule has 0 atom stereocenters. The molecule has 1 aliphatic heterocycles. The number of aliphatic carboxylic acids is 1. The highest BCUT2D eigenvalue weighted by molar-refractivity contribution is 5.76. The highest BCUT2D eigenvalue weighted by atomic mass is 16.5. The first-order valence-corrected chi connectivity index (χ1v) is 5.14. The van der Waals surface area contributed by atoms with E-state index in [9.17, 15) is 4.79 Å². The average Bonchev–Trinajstić information content (AvgIpc) is 2.23. The first-order chi connectivity index (χ1) is 7.73. The molecule has 1 aromatic rings. The summed E-state index contributed by atoms with van der Waals surface area (Å²) in [5.41, 5.74) is 0.364. The number of hydrogen-bond acceptors (Lipinski definition) is 4. The van der Waals surface area contributed by atoms with Crippen LogP contribution in [0.15, 0.2) is 24.5 Å². The third kappa shape index (κ3) is 2.20. The molecule has 16 heavy (non-hydrogen) atoms. The molecule has 5 heteroatoms. The first-order valence-electron chi connectivity index (χ1n) is 5.14. The quantitative estimate of drug-likeness (QED) is 0.748. The van der Waals surface area contributed by atoms with E-state index in [1.54, 1.807) is 12.4 Å². The first kappa shape index (κ1) is 11.0. The Kier molecular flexibility index (Phi) is 3.17. The maximum absolute atomic E-state index is 11.0. The minimum absolute atomic E-state index is 0.297. The molecule has 0 aromatic carbocycles. The molecule has 2 N–H and O–H groups in total. The van der Waals surface area contributed by atoms with E-state index in [-0.39, 0.29) is 0 Å². The highest BCUT2D eigenvalue weighted by Gasteiger charge is 2.45. The lowest BCUT2D eigenvalue weighted by atomic mass is 9.86. The number of carboxylic acid groups (broad SMARTS) is 1. The Morgan fingerprint density at radius 3 is 2.69 bits per heavy atom. The van der Waals surface area contributed by atoms with Gasteiger partial charge in [-0.3, -0.25) is 9.78 Å². The van der Waals surface area contributed by atoms with Crippen molar-refractivity contribution in [2.75, 3.05) is 19.8 Å². The van der Waals surface area contributed by atoms with E-state index in [1.165, 1.54) is 0 Å². The van der Waals surface area contributed by atoms with Gasteiger partial charge in [-0.15, -0.1) is 0 Å². The second kappa shape index (κ2) is 4.59. The van der Waals surface area contributed by atoms with Crippen LogP contribution in [0.3, 0.4) is 0 Å². The van der Waals surface area contributed by atoms with Gasteiger partial charge >= 0.3 is 5.97 Å². The van der Waals surface area contributed by atoms with E-state index >= 15 is 0 Å². The van der Waals surface area contributed by atoms with Gasteiger partial charge in [0.05, 0.1) is 13.2 Å². The number of carboxylic acids is 1. The van der Waals surface area contributed by atoms with Crippen molar-refractivity contribution in [1.82, 2.24) is 10.3 Å². The molecule has 0 aliphatic carbocycles. The lowest BCUT2D eigenvalue weighted by Crippen LogP contribution is -2.55. The predicted octanol–water partition coefficient (Wildman–Crippen LogP) is 0.272. The summed E-state index contributed by atoms with van der Waals surface area (Å²) in [6.07, 6.45) is 3.44. The zero-order valence-corrected chi connectivity index (χ0v) is 8.85. The summed E-state index contributed by atoms with van der Waals surface area (Å²) in [6.45, 7) is 1.68. The van der Waals surface area contributed by atoms with Crippen LogP contribution in [0.5, 0.6) is 0 Å². The maximum Gasteiger partial charge on any atom is 0.315 e. The molecule has 5 nitrogen and oxygen atoms in total. The van der Waals surface area contributed by atoms with Crippen molar-refractivity contribution >= 4 is 5.97 Å². The van der Waals surface area contributed by atoms with Crippen molar-refractivity contribution < 1.29 is 14.6 Å². The van der Waals surface area contributed by atoms with E-state index in [2.05, 4.69) is 10.3 Å². The SMILES string of the molecule is O=C(O)C1(CNCc2ccncc2)COC1. The van der Waals surface area contributed by atoms with Gasteiger partial charge in [0, 0.05) is 25.5 Å². The molecule has 0 unspecified atom stereocenters. The fourth-order valence-corrected chi connectivity index (χ4v) is 1.60. The molecule has 0 spiro atoms. The van der Waals surface area contributed by atoms with Gasteiger partial charge in [-0.05, 0) is 17.7 Å². The number of nitrogens with one attached hydrogen (secondary N) is 1. The van der Waals surface area contributed by atoms with E-state index in [0.29, 0.717) is 26.3 Å². The van der Waals surface area contributed by atoms with Crippen LogP contribution >= 0.6 is 0 Å². The molecule has 2 heterocycles. The minimum atomic E-state index is -0.791. The number of nitrogens with zero attached hydrogens (tertiary/aromatic N) is 1. The zero-order valence-electron chi connectivity index (χ0n) is 8.85. The van der Waals surface area contributed by atoms with Crippen LogP contribution in [-0.2, 0) is 16.1 Å². The van der Waals surface area contributed by atoms with Gasteiger partial charge < -0.3 is 15.2 Å². The van der Waals surface area contributed by atoms with Crippen LogP contribution < -0.4 is 5.32 Å². The fourth-order valence-electron chi connectivity index (χ4n) is 1.60. The summed E-state index contributed by atoms with van der Waals surface area (Å²) in [6, 6.07) is 3.80. The van der Waals surface area contributed by atoms with E-state index in [4.69, 9.17) is 9.84 Å². The Hall–Kier alpha value is -1.46. The third-order valence-corrected chi connectivity index (χ3v) is 2.75. The monoisotopic (exact) mass is 222 g/mol. The normalized spacial score (nSPS) is 17.8. The van der Waals surface area contributed by atoms with Crippen LogP contribution in [-0.4, -0.2) is 35.8 Å². The molecule has 1 aliphatic rings. The Bertz CT molecular complexity index is 363. The van der Waals surface area contributed by atoms with Crippen LogP contribution in [0.1, 0.15) is 5.56 Å². The summed E-state index contributed by atoms with van der Waals surface area (Å²) in [5.74, 6) is -0.791. The van der Waals surface area contributed by atoms with Crippen molar-refractivity contribution in [2.45, 2.75) is 6.54 Å². The van der Waals surface area contributed by atoms with Crippen molar-refractivity contribution in [1.29, 1.82) is 0 Å². The van der Waals surface area contributed by atoms with Gasteiger partial charge in [-0.2, -0.15) is 0 Å². The van der Waals surface area contributed by atoms with Gasteiger partial charge in [-0.1, -0.05) is 0 Å². The number of carbonyl (C=O) groups is 1. The predicted molar refractivity (Wildman–Crippen MR) is 56.8 cm³/mol. The number of aromatic nitrogens is 1. The lowest BCUT2D eigenvalue weighted by molar-refractivity contribution is -0.178. The zero-order chi connectivity index (χ0) is 11.4. The number of rotatable bonds is 5. The summed E-state index contributed by atoms with van der Waals surface area (Å²) in [7, 11) is 0. The van der Waals surface area contributed by atoms with E-state index in [0.717, 1.165) is 5.56 Å². The van der Waals surface area contributed by atoms with Crippen LogP contribution in [0.2, 0.25) is 0 Å². The lowest BCUT2D eigenvalue weighted by Gasteiger charge is -2.37. The standard InChI is InChI=1S/C11H14N2O3/c14-10(15)11(7-16-8-11)6-13-5-9-1-3-12-4-2-9/h1-4,13H,5-8H2,(H,14,15). The Morgan fingerprint density at radius 2 is 2.19 bits per heavy atom. The highest BCUT2D eigenvalue weighted by Crippen LogP contribution is 2.26. The molecule has 0 radical (unpaired) electrons. The number of hydrogen-bond donors (Lipinski definition) is 2. The Morgan fingerprint density at radius 1 is 1.50 bits per heavy atom. The van der Waals surface area contributed by atoms with Gasteiger partial charge in [-0.25, -0.2) is 0 Å². The van der Waals surface area contributed by atoms with Crippen LogP contribution in [0.25, 0.3) is 0 Å². The summed E-state index contributed by atoms with van der Waals surface area (Å²) in [5, 5.41) is 12.2. The fraction of sp³-hybridized carbons (Fsp3) is 0.455. The molecule has 0 amide bonds. The van der Waals surface area contributed by atoms with Crippen molar-refractivity contribution in [3.8, 4) is 0 Å². The maximum atomic E-state index is 11.0. The summed E-state index contributed by atoms with van der Waals surface area (Å²) in [4.78, 5) is 14.9. The average molecular weight is 222 g/mol. The molecule has 2 rings (SSSR count). The molecule has 1 saturated heterocycles. The molecular formula is C11H14N2O3. The van der Waals surface area contributed by atoms with Crippen molar-refractivity contribution in [3.05, 3.63) is 30.1 Å². The topological polar surface area (TPSA) is 71.5 Å². The second-order valence-corrected chi connectivity index (χ2v) is 4.04. The number of ether oxygens (including phenoxy) is 1.